The Morgan fingerprint density at radius 1 is 0.967 bits per heavy atom. The number of nitrogen functional groups attached to an aromatic ring is 1. The fourth-order valence-electron chi connectivity index (χ4n) is 3.00. The van der Waals surface area contributed by atoms with Gasteiger partial charge in [-0.25, -0.2) is 4.98 Å². The average molecular weight is 409 g/mol. The molecule has 0 aliphatic carbocycles. The Balaban J connectivity index is 1.63. The number of anilines is 2. The van der Waals surface area contributed by atoms with Crippen molar-refractivity contribution in [1.82, 2.24) is 9.97 Å². The maximum absolute atomic E-state index is 6.22. The number of nitrogens with two attached hydrogens (primary N) is 1. The molecule has 0 amide bonds. The molecule has 0 bridgehead atoms. The second kappa shape index (κ2) is 9.82. The molecule has 2 aromatic carbocycles. The molecule has 7 heteroatoms. The largest absolute Gasteiger partial charge is 0.493 e. The molecular weight excluding hydrogens is 380 g/mol. The summed E-state index contributed by atoms with van der Waals surface area (Å²) in [4.78, 5) is 8.41. The van der Waals surface area contributed by atoms with Gasteiger partial charge in [0.15, 0.2) is 17.3 Å². The first-order valence-electron chi connectivity index (χ1n) is 9.85. The third kappa shape index (κ3) is 5.11. The van der Waals surface area contributed by atoms with Crippen molar-refractivity contribution < 1.29 is 14.2 Å². The lowest BCUT2D eigenvalue weighted by Gasteiger charge is -2.13. The van der Waals surface area contributed by atoms with E-state index in [1.54, 1.807) is 14.2 Å². The van der Waals surface area contributed by atoms with Gasteiger partial charge in [-0.05, 0) is 47.7 Å². The van der Waals surface area contributed by atoms with E-state index in [2.05, 4.69) is 29.1 Å². The van der Waals surface area contributed by atoms with Gasteiger partial charge in [0.1, 0.15) is 17.8 Å². The van der Waals surface area contributed by atoms with Crippen LogP contribution in [0.4, 0.5) is 11.5 Å². The monoisotopic (exact) mass is 408 g/mol. The number of hydrogen-bond donors (Lipinski definition) is 2. The summed E-state index contributed by atoms with van der Waals surface area (Å²) in [6, 6.07) is 13.8. The third-order valence-electron chi connectivity index (χ3n) is 4.76. The molecule has 0 unspecified atom stereocenters. The van der Waals surface area contributed by atoms with Crippen LogP contribution in [-0.2, 0) is 6.42 Å². The van der Waals surface area contributed by atoms with Gasteiger partial charge in [0.05, 0.1) is 14.2 Å². The van der Waals surface area contributed by atoms with Crippen LogP contribution in [0.3, 0.4) is 0 Å². The van der Waals surface area contributed by atoms with E-state index >= 15 is 0 Å². The second-order valence-corrected chi connectivity index (χ2v) is 7.13. The van der Waals surface area contributed by atoms with Crippen LogP contribution in [0.5, 0.6) is 23.1 Å². The quantitative estimate of drug-likeness (QED) is 0.532. The summed E-state index contributed by atoms with van der Waals surface area (Å²) >= 11 is 0. The van der Waals surface area contributed by atoms with Crippen molar-refractivity contribution in [3.8, 4) is 23.1 Å². The van der Waals surface area contributed by atoms with Crippen molar-refractivity contribution in [2.24, 2.45) is 0 Å². The van der Waals surface area contributed by atoms with Crippen molar-refractivity contribution in [1.29, 1.82) is 0 Å². The van der Waals surface area contributed by atoms with Crippen LogP contribution in [0.15, 0.2) is 48.8 Å². The first-order valence-corrected chi connectivity index (χ1v) is 9.85. The number of benzene rings is 2. The molecule has 3 rings (SSSR count). The minimum absolute atomic E-state index is 0.330. The Morgan fingerprint density at radius 2 is 1.70 bits per heavy atom. The fraction of sp³-hybridized carbons (Fsp3) is 0.304. The lowest BCUT2D eigenvalue weighted by molar-refractivity contribution is 0.354. The fourth-order valence-corrected chi connectivity index (χ4v) is 3.00. The molecule has 0 saturated carbocycles. The Kier molecular flexibility index (Phi) is 6.95. The summed E-state index contributed by atoms with van der Waals surface area (Å²) in [5.41, 5.74) is 8.95. The normalized spacial score (nSPS) is 10.7. The van der Waals surface area contributed by atoms with E-state index in [1.165, 1.54) is 11.9 Å². The Hall–Kier alpha value is -3.48. The average Bonchev–Trinajstić information content (AvgIpc) is 2.76. The molecule has 3 N–H and O–H groups in total. The van der Waals surface area contributed by atoms with Gasteiger partial charge in [0.25, 0.3) is 0 Å². The maximum Gasteiger partial charge on any atom is 0.248 e. The number of methoxy groups -OCH3 is 2. The molecule has 3 aromatic rings. The molecule has 0 aliphatic heterocycles. The highest BCUT2D eigenvalue weighted by molar-refractivity contribution is 5.67. The number of nitrogens with zero attached hydrogens (tertiary/aromatic N) is 2. The van der Waals surface area contributed by atoms with Crippen molar-refractivity contribution >= 4 is 11.5 Å². The molecule has 7 nitrogen and oxygen atoms in total. The van der Waals surface area contributed by atoms with E-state index < -0.39 is 0 Å². The number of ether oxygens (including phenoxy) is 3. The minimum Gasteiger partial charge on any atom is -0.493 e. The van der Waals surface area contributed by atoms with E-state index in [4.69, 9.17) is 19.9 Å². The van der Waals surface area contributed by atoms with Crippen LogP contribution in [0, 0.1) is 0 Å². The van der Waals surface area contributed by atoms with Crippen molar-refractivity contribution in [2.45, 2.75) is 26.2 Å². The van der Waals surface area contributed by atoms with Gasteiger partial charge in [0.2, 0.25) is 5.88 Å². The van der Waals surface area contributed by atoms with Crippen LogP contribution >= 0.6 is 0 Å². The number of aromatic nitrogens is 2. The van der Waals surface area contributed by atoms with Gasteiger partial charge in [-0.1, -0.05) is 32.0 Å². The molecule has 0 atom stereocenters. The molecule has 0 saturated heterocycles. The van der Waals surface area contributed by atoms with E-state index in [0.29, 0.717) is 47.1 Å². The van der Waals surface area contributed by atoms with Gasteiger partial charge in [0, 0.05) is 6.54 Å². The predicted molar refractivity (Wildman–Crippen MR) is 119 cm³/mol. The standard InChI is InChI=1S/C23H28N4O3/c1-15(2)17-6-8-18(9-7-17)30-23-21(24)22(26-14-27-23)25-12-11-16-5-10-19(28-3)20(13-16)29-4/h5-10,13-15H,11-12,24H2,1-4H3,(H,25,26,27). The van der Waals surface area contributed by atoms with Crippen molar-refractivity contribution in [2.75, 3.05) is 31.8 Å². The molecule has 1 heterocycles. The van der Waals surface area contributed by atoms with Crippen LogP contribution in [-0.4, -0.2) is 30.7 Å². The first-order chi connectivity index (χ1) is 14.5. The SMILES string of the molecule is COc1ccc(CCNc2ncnc(Oc3ccc(C(C)C)cc3)c2N)cc1OC. The van der Waals surface area contributed by atoms with E-state index in [9.17, 15) is 0 Å². The third-order valence-corrected chi connectivity index (χ3v) is 4.76. The number of hydrogen-bond acceptors (Lipinski definition) is 7. The van der Waals surface area contributed by atoms with Crippen LogP contribution in [0.25, 0.3) is 0 Å². The van der Waals surface area contributed by atoms with Gasteiger partial charge >= 0.3 is 0 Å². The van der Waals surface area contributed by atoms with E-state index in [-0.39, 0.29) is 0 Å². The smallest absolute Gasteiger partial charge is 0.248 e. The highest BCUT2D eigenvalue weighted by atomic mass is 16.5. The molecule has 158 valence electrons. The van der Waals surface area contributed by atoms with Crippen molar-refractivity contribution in [3.63, 3.8) is 0 Å². The lowest BCUT2D eigenvalue weighted by Crippen LogP contribution is -2.10. The summed E-state index contributed by atoms with van der Waals surface area (Å²) in [5, 5.41) is 3.25. The zero-order chi connectivity index (χ0) is 21.5. The van der Waals surface area contributed by atoms with Crippen LogP contribution < -0.4 is 25.3 Å². The molecule has 1 aromatic heterocycles. The van der Waals surface area contributed by atoms with Crippen LogP contribution in [0.2, 0.25) is 0 Å². The van der Waals surface area contributed by atoms with Gasteiger partial charge in [-0.2, -0.15) is 4.98 Å². The van der Waals surface area contributed by atoms with Crippen LogP contribution in [0.1, 0.15) is 30.9 Å². The highest BCUT2D eigenvalue weighted by Crippen LogP contribution is 2.30. The van der Waals surface area contributed by atoms with Gasteiger partial charge in [-0.3, -0.25) is 0 Å². The number of nitrogens with one attached hydrogen (secondary N) is 1. The Labute approximate surface area is 177 Å². The molecule has 0 spiro atoms. The second-order valence-electron chi connectivity index (χ2n) is 7.13. The Morgan fingerprint density at radius 3 is 2.37 bits per heavy atom. The highest BCUT2D eigenvalue weighted by Gasteiger charge is 2.11. The van der Waals surface area contributed by atoms with Crippen molar-refractivity contribution in [3.05, 3.63) is 59.9 Å². The first kappa shape index (κ1) is 21.2. The summed E-state index contributed by atoms with van der Waals surface area (Å²) in [5.74, 6) is 3.43. The molecule has 0 fully saturated rings. The molecule has 0 aliphatic rings. The maximum atomic E-state index is 6.22. The number of rotatable bonds is 9. The minimum atomic E-state index is 0.330. The van der Waals surface area contributed by atoms with Gasteiger partial charge < -0.3 is 25.3 Å². The summed E-state index contributed by atoms with van der Waals surface area (Å²) < 4.78 is 16.5. The topological polar surface area (TPSA) is 91.5 Å². The zero-order valence-corrected chi connectivity index (χ0v) is 17.8. The molecular formula is C23H28N4O3. The summed E-state index contributed by atoms with van der Waals surface area (Å²) in [6.07, 6.45) is 2.20. The summed E-state index contributed by atoms with van der Waals surface area (Å²) in [7, 11) is 3.24. The summed E-state index contributed by atoms with van der Waals surface area (Å²) in [6.45, 7) is 4.94. The molecule has 30 heavy (non-hydrogen) atoms. The Bertz CT molecular complexity index is 975. The van der Waals surface area contributed by atoms with E-state index in [0.717, 1.165) is 12.0 Å². The zero-order valence-electron chi connectivity index (χ0n) is 17.8. The van der Waals surface area contributed by atoms with Gasteiger partial charge in [-0.15, -0.1) is 0 Å². The van der Waals surface area contributed by atoms with E-state index in [1.807, 2.05) is 42.5 Å². The molecule has 0 radical (unpaired) electrons. The lowest BCUT2D eigenvalue weighted by atomic mass is 10.0. The predicted octanol–water partition coefficient (Wildman–Crippen LogP) is 4.65.